The fourth-order valence-electron chi connectivity index (χ4n) is 1.41. The van der Waals surface area contributed by atoms with Crippen LogP contribution < -0.4 is 0 Å². The van der Waals surface area contributed by atoms with Gasteiger partial charge < -0.3 is 4.74 Å². The molecule has 0 radical (unpaired) electrons. The molecule has 0 saturated heterocycles. The standard InChI is InChI=1S/C12H15N3O2/c1-2-6-12(16)17-11(9-14-15-13)10-7-4-3-5-8-10/h3-5,7-8,11H,2,6,9H2,1H3/t11-/m1/s1. The number of esters is 1. The number of carbonyl (C=O) groups is 1. The van der Waals surface area contributed by atoms with E-state index in [1.807, 2.05) is 37.3 Å². The third-order valence-electron chi connectivity index (χ3n) is 2.21. The molecule has 0 unspecified atom stereocenters. The molecule has 17 heavy (non-hydrogen) atoms. The lowest BCUT2D eigenvalue weighted by molar-refractivity contribution is -0.149. The molecule has 1 aromatic rings. The smallest absolute Gasteiger partial charge is 0.306 e. The molecule has 5 nitrogen and oxygen atoms in total. The second-order valence-corrected chi connectivity index (χ2v) is 3.55. The maximum atomic E-state index is 11.4. The lowest BCUT2D eigenvalue weighted by atomic mass is 10.1. The molecular formula is C12H15N3O2. The number of hydrogen-bond donors (Lipinski definition) is 0. The highest BCUT2D eigenvalue weighted by Crippen LogP contribution is 2.18. The Morgan fingerprint density at radius 3 is 2.76 bits per heavy atom. The molecule has 0 N–H and O–H groups in total. The summed E-state index contributed by atoms with van der Waals surface area (Å²) in [6.45, 7) is 2.03. The SMILES string of the molecule is CCCC(=O)O[C@H](CN=[N+]=[N-])c1ccccc1. The van der Waals surface area contributed by atoms with Gasteiger partial charge in [0.1, 0.15) is 6.10 Å². The third kappa shape index (κ3) is 4.57. The first-order valence-electron chi connectivity index (χ1n) is 5.53. The molecule has 0 amide bonds. The number of benzene rings is 1. The summed E-state index contributed by atoms with van der Waals surface area (Å²) in [5, 5.41) is 3.47. The second kappa shape index (κ2) is 7.30. The summed E-state index contributed by atoms with van der Waals surface area (Å²) in [5.74, 6) is -0.269. The molecule has 0 saturated carbocycles. The number of nitrogens with zero attached hydrogens (tertiary/aromatic N) is 3. The number of carbonyl (C=O) groups excluding carboxylic acids is 1. The maximum absolute atomic E-state index is 11.4. The van der Waals surface area contributed by atoms with Crippen LogP contribution in [0.15, 0.2) is 35.4 Å². The fraction of sp³-hybridized carbons (Fsp3) is 0.417. The Morgan fingerprint density at radius 2 is 2.18 bits per heavy atom. The Hall–Kier alpha value is -2.00. The summed E-state index contributed by atoms with van der Waals surface area (Å²) in [4.78, 5) is 14.1. The topological polar surface area (TPSA) is 75.1 Å². The molecule has 1 atom stereocenters. The molecule has 0 heterocycles. The first-order valence-corrected chi connectivity index (χ1v) is 5.53. The average molecular weight is 233 g/mol. The first kappa shape index (κ1) is 13.1. The van der Waals surface area contributed by atoms with Crippen molar-refractivity contribution in [2.45, 2.75) is 25.9 Å². The van der Waals surface area contributed by atoms with Crippen LogP contribution in [0.2, 0.25) is 0 Å². The van der Waals surface area contributed by atoms with E-state index in [1.165, 1.54) is 0 Å². The Morgan fingerprint density at radius 1 is 1.47 bits per heavy atom. The summed E-state index contributed by atoms with van der Waals surface area (Å²) in [6, 6.07) is 9.27. The Labute approximate surface area is 100 Å². The summed E-state index contributed by atoms with van der Waals surface area (Å²) in [5.41, 5.74) is 9.15. The third-order valence-corrected chi connectivity index (χ3v) is 2.21. The van der Waals surface area contributed by atoms with Gasteiger partial charge in [0.25, 0.3) is 0 Å². The van der Waals surface area contributed by atoms with E-state index >= 15 is 0 Å². The number of ether oxygens (including phenoxy) is 1. The number of azide groups is 1. The van der Waals surface area contributed by atoms with E-state index < -0.39 is 6.10 Å². The zero-order chi connectivity index (χ0) is 12.5. The van der Waals surface area contributed by atoms with E-state index in [0.717, 1.165) is 12.0 Å². The fourth-order valence-corrected chi connectivity index (χ4v) is 1.41. The Kier molecular flexibility index (Phi) is 5.61. The minimum Gasteiger partial charge on any atom is -0.457 e. The molecule has 0 aromatic heterocycles. The van der Waals surface area contributed by atoms with Gasteiger partial charge in [0.05, 0.1) is 6.54 Å². The van der Waals surface area contributed by atoms with Crippen molar-refractivity contribution in [3.8, 4) is 0 Å². The molecule has 0 aliphatic rings. The van der Waals surface area contributed by atoms with Crippen molar-refractivity contribution in [2.24, 2.45) is 5.11 Å². The van der Waals surface area contributed by atoms with Gasteiger partial charge in [-0.1, -0.05) is 42.4 Å². The highest BCUT2D eigenvalue weighted by molar-refractivity contribution is 5.69. The number of hydrogen-bond acceptors (Lipinski definition) is 3. The molecule has 0 bridgehead atoms. The van der Waals surface area contributed by atoms with E-state index in [1.54, 1.807) is 0 Å². The van der Waals surface area contributed by atoms with Gasteiger partial charge in [0.15, 0.2) is 0 Å². The van der Waals surface area contributed by atoms with Gasteiger partial charge in [0.2, 0.25) is 0 Å². The lowest BCUT2D eigenvalue weighted by Crippen LogP contribution is -2.13. The van der Waals surface area contributed by atoms with E-state index in [0.29, 0.717) is 6.42 Å². The zero-order valence-electron chi connectivity index (χ0n) is 9.74. The Balaban J connectivity index is 2.73. The minimum absolute atomic E-state index is 0.121. The van der Waals surface area contributed by atoms with Crippen molar-refractivity contribution in [3.63, 3.8) is 0 Å². The molecule has 1 aromatic carbocycles. The molecule has 0 fully saturated rings. The van der Waals surface area contributed by atoms with Gasteiger partial charge >= 0.3 is 5.97 Å². The maximum Gasteiger partial charge on any atom is 0.306 e. The van der Waals surface area contributed by atoms with E-state index in [2.05, 4.69) is 10.0 Å². The van der Waals surface area contributed by atoms with Gasteiger partial charge in [0, 0.05) is 11.3 Å². The molecule has 5 heteroatoms. The van der Waals surface area contributed by atoms with Crippen molar-refractivity contribution in [2.75, 3.05) is 6.54 Å². The van der Waals surface area contributed by atoms with Gasteiger partial charge in [-0.3, -0.25) is 4.79 Å². The molecule has 0 aliphatic heterocycles. The highest BCUT2D eigenvalue weighted by atomic mass is 16.5. The van der Waals surface area contributed by atoms with Crippen LogP contribution in [-0.2, 0) is 9.53 Å². The van der Waals surface area contributed by atoms with Crippen molar-refractivity contribution < 1.29 is 9.53 Å². The van der Waals surface area contributed by atoms with Crippen molar-refractivity contribution in [1.82, 2.24) is 0 Å². The summed E-state index contributed by atoms with van der Waals surface area (Å²) >= 11 is 0. The predicted molar refractivity (Wildman–Crippen MR) is 64.2 cm³/mol. The van der Waals surface area contributed by atoms with Crippen LogP contribution in [0.3, 0.4) is 0 Å². The predicted octanol–water partition coefficient (Wildman–Crippen LogP) is 3.38. The number of rotatable bonds is 6. The zero-order valence-corrected chi connectivity index (χ0v) is 9.74. The van der Waals surface area contributed by atoms with Crippen molar-refractivity contribution in [1.29, 1.82) is 0 Å². The van der Waals surface area contributed by atoms with Crippen LogP contribution in [0.25, 0.3) is 10.4 Å². The molecule has 90 valence electrons. The monoisotopic (exact) mass is 233 g/mol. The molecule has 1 rings (SSSR count). The van der Waals surface area contributed by atoms with Crippen LogP contribution in [0.5, 0.6) is 0 Å². The molecular weight excluding hydrogens is 218 g/mol. The molecule has 0 spiro atoms. The Bertz CT molecular complexity index is 399. The van der Waals surface area contributed by atoms with Crippen LogP contribution in [0.1, 0.15) is 31.4 Å². The quantitative estimate of drug-likeness (QED) is 0.327. The van der Waals surface area contributed by atoms with Gasteiger partial charge in [-0.2, -0.15) is 0 Å². The van der Waals surface area contributed by atoms with E-state index in [9.17, 15) is 4.79 Å². The van der Waals surface area contributed by atoms with Crippen LogP contribution in [-0.4, -0.2) is 12.5 Å². The average Bonchev–Trinajstić information content (AvgIpc) is 2.36. The van der Waals surface area contributed by atoms with Crippen LogP contribution in [0, 0.1) is 0 Å². The normalized spacial score (nSPS) is 11.4. The highest BCUT2D eigenvalue weighted by Gasteiger charge is 2.14. The lowest BCUT2D eigenvalue weighted by Gasteiger charge is -2.15. The van der Waals surface area contributed by atoms with E-state index in [4.69, 9.17) is 10.3 Å². The summed E-state index contributed by atoms with van der Waals surface area (Å²) in [7, 11) is 0. The van der Waals surface area contributed by atoms with Crippen LogP contribution in [0.4, 0.5) is 0 Å². The largest absolute Gasteiger partial charge is 0.457 e. The summed E-state index contributed by atoms with van der Waals surface area (Å²) < 4.78 is 5.28. The first-order chi connectivity index (χ1) is 8.27. The van der Waals surface area contributed by atoms with Crippen molar-refractivity contribution in [3.05, 3.63) is 46.3 Å². The molecule has 0 aliphatic carbocycles. The van der Waals surface area contributed by atoms with Gasteiger partial charge in [-0.05, 0) is 17.5 Å². The van der Waals surface area contributed by atoms with Crippen molar-refractivity contribution >= 4 is 5.97 Å². The van der Waals surface area contributed by atoms with Gasteiger partial charge in [-0.25, -0.2) is 0 Å². The summed E-state index contributed by atoms with van der Waals surface area (Å²) in [6.07, 6.45) is 0.618. The minimum atomic E-state index is -0.494. The van der Waals surface area contributed by atoms with Gasteiger partial charge in [-0.15, -0.1) is 0 Å². The van der Waals surface area contributed by atoms with E-state index in [-0.39, 0.29) is 12.5 Å². The van der Waals surface area contributed by atoms with Crippen LogP contribution >= 0.6 is 0 Å². The second-order valence-electron chi connectivity index (χ2n) is 3.55.